The Morgan fingerprint density at radius 2 is 1.58 bits per heavy atom. The molecule has 4 rings (SSSR count). The smallest absolute Gasteiger partial charge is 0.271 e. The highest BCUT2D eigenvalue weighted by Crippen LogP contribution is 2.36. The molecule has 0 aromatic heterocycles. The van der Waals surface area contributed by atoms with Crippen molar-refractivity contribution < 1.29 is 14.5 Å². The lowest BCUT2D eigenvalue weighted by Gasteiger charge is -2.07. The molecule has 0 saturated heterocycles. The van der Waals surface area contributed by atoms with Crippen LogP contribution in [-0.4, -0.2) is 16.6 Å². The molecule has 0 aliphatic heterocycles. The van der Waals surface area contributed by atoms with Crippen LogP contribution in [0.3, 0.4) is 0 Å². The fraction of sp³-hybridized carbons (Fsp3) is 0. The summed E-state index contributed by atoms with van der Waals surface area (Å²) in [5, 5.41) is 13.5. The molecule has 26 heavy (non-hydrogen) atoms. The van der Waals surface area contributed by atoms with Gasteiger partial charge in [0.05, 0.1) is 4.92 Å². The van der Waals surface area contributed by atoms with Crippen LogP contribution in [0.1, 0.15) is 26.3 Å². The monoisotopic (exact) mass is 344 g/mol. The SMILES string of the molecule is O=C(Nc1cccc([N+](=O)[O-])c1)c1ccc2c(c1)C(=O)c1ccccc1-2. The minimum Gasteiger partial charge on any atom is -0.322 e. The largest absolute Gasteiger partial charge is 0.322 e. The number of anilines is 1. The lowest BCUT2D eigenvalue weighted by molar-refractivity contribution is -0.384. The predicted octanol–water partition coefficient (Wildman–Crippen LogP) is 4.06. The zero-order valence-corrected chi connectivity index (χ0v) is 13.4. The summed E-state index contributed by atoms with van der Waals surface area (Å²) in [4.78, 5) is 35.3. The van der Waals surface area contributed by atoms with Gasteiger partial charge in [-0.05, 0) is 29.3 Å². The minimum atomic E-state index is -0.527. The summed E-state index contributed by atoms with van der Waals surface area (Å²) >= 11 is 0. The number of nitrogens with one attached hydrogen (secondary N) is 1. The fourth-order valence-corrected chi connectivity index (χ4v) is 3.07. The quantitative estimate of drug-likeness (QED) is 0.448. The van der Waals surface area contributed by atoms with E-state index in [0.717, 1.165) is 11.1 Å². The molecule has 0 bridgehead atoms. The number of amides is 1. The third kappa shape index (κ3) is 2.53. The van der Waals surface area contributed by atoms with Crippen molar-refractivity contribution >= 4 is 23.1 Å². The normalized spacial score (nSPS) is 11.6. The van der Waals surface area contributed by atoms with Gasteiger partial charge in [0.15, 0.2) is 5.78 Å². The summed E-state index contributed by atoms with van der Waals surface area (Å²) in [7, 11) is 0. The van der Waals surface area contributed by atoms with E-state index in [2.05, 4.69) is 5.32 Å². The number of hydrogen-bond acceptors (Lipinski definition) is 4. The molecule has 0 radical (unpaired) electrons. The molecule has 0 atom stereocenters. The topological polar surface area (TPSA) is 89.3 Å². The second-order valence-corrected chi connectivity index (χ2v) is 5.90. The number of carbonyl (C=O) groups is 2. The molecule has 0 fully saturated rings. The maximum Gasteiger partial charge on any atom is 0.271 e. The van der Waals surface area contributed by atoms with Gasteiger partial charge in [-0.1, -0.05) is 36.4 Å². The zero-order valence-electron chi connectivity index (χ0n) is 13.4. The van der Waals surface area contributed by atoms with Crippen molar-refractivity contribution in [2.24, 2.45) is 0 Å². The molecular formula is C20H12N2O4. The van der Waals surface area contributed by atoms with Crippen LogP contribution < -0.4 is 5.32 Å². The van der Waals surface area contributed by atoms with Crippen LogP contribution in [0.25, 0.3) is 11.1 Å². The molecule has 1 aliphatic rings. The van der Waals surface area contributed by atoms with Gasteiger partial charge < -0.3 is 5.32 Å². The molecule has 3 aromatic carbocycles. The Kier molecular flexibility index (Phi) is 3.58. The highest BCUT2D eigenvalue weighted by atomic mass is 16.6. The number of benzene rings is 3. The van der Waals surface area contributed by atoms with Crippen molar-refractivity contribution in [3.05, 3.63) is 93.5 Å². The molecule has 0 saturated carbocycles. The molecule has 1 amide bonds. The summed E-state index contributed by atoms with van der Waals surface area (Å²) < 4.78 is 0. The number of hydrogen-bond donors (Lipinski definition) is 1. The van der Waals surface area contributed by atoms with Gasteiger partial charge in [0, 0.05) is 34.5 Å². The van der Waals surface area contributed by atoms with E-state index in [1.54, 1.807) is 36.4 Å². The second-order valence-electron chi connectivity index (χ2n) is 5.90. The van der Waals surface area contributed by atoms with E-state index >= 15 is 0 Å². The van der Waals surface area contributed by atoms with E-state index in [-0.39, 0.29) is 11.5 Å². The van der Waals surface area contributed by atoms with Gasteiger partial charge in [0.2, 0.25) is 0 Å². The molecule has 0 heterocycles. The van der Waals surface area contributed by atoms with Gasteiger partial charge in [0.25, 0.3) is 11.6 Å². The number of ketones is 1. The number of fused-ring (bicyclic) bond motifs is 3. The molecule has 1 N–H and O–H groups in total. The first-order valence-electron chi connectivity index (χ1n) is 7.88. The number of nitrogens with zero attached hydrogens (tertiary/aromatic N) is 1. The number of nitro benzene ring substituents is 1. The Bertz CT molecular complexity index is 1090. The van der Waals surface area contributed by atoms with Crippen molar-refractivity contribution in [3.63, 3.8) is 0 Å². The number of non-ortho nitro benzene ring substituents is 1. The number of carbonyl (C=O) groups excluding carboxylic acids is 2. The summed E-state index contributed by atoms with van der Waals surface area (Å²) in [5.74, 6) is -0.544. The van der Waals surface area contributed by atoms with E-state index in [4.69, 9.17) is 0 Å². The van der Waals surface area contributed by atoms with Crippen LogP contribution in [0.2, 0.25) is 0 Å². The Morgan fingerprint density at radius 3 is 2.35 bits per heavy atom. The average Bonchev–Trinajstić information content (AvgIpc) is 2.94. The molecular weight excluding hydrogens is 332 g/mol. The third-order valence-corrected chi connectivity index (χ3v) is 4.30. The van der Waals surface area contributed by atoms with Gasteiger partial charge in [-0.15, -0.1) is 0 Å². The zero-order chi connectivity index (χ0) is 18.3. The molecule has 1 aliphatic carbocycles. The average molecular weight is 344 g/mol. The molecule has 3 aromatic rings. The van der Waals surface area contributed by atoms with Crippen LogP contribution in [0.5, 0.6) is 0 Å². The molecule has 6 heteroatoms. The van der Waals surface area contributed by atoms with Crippen molar-refractivity contribution in [2.45, 2.75) is 0 Å². The van der Waals surface area contributed by atoms with Crippen LogP contribution >= 0.6 is 0 Å². The first-order valence-corrected chi connectivity index (χ1v) is 7.88. The first kappa shape index (κ1) is 15.7. The van der Waals surface area contributed by atoms with Crippen molar-refractivity contribution in [3.8, 4) is 11.1 Å². The van der Waals surface area contributed by atoms with E-state index in [9.17, 15) is 19.7 Å². The van der Waals surface area contributed by atoms with E-state index < -0.39 is 10.8 Å². The van der Waals surface area contributed by atoms with Crippen molar-refractivity contribution in [1.82, 2.24) is 0 Å². The van der Waals surface area contributed by atoms with Gasteiger partial charge in [-0.2, -0.15) is 0 Å². The standard InChI is InChI=1S/C20H12N2O4/c23-19-17-7-2-1-6-15(17)16-9-8-12(10-18(16)19)20(24)21-13-4-3-5-14(11-13)22(25)26/h1-11H,(H,21,24). The fourth-order valence-electron chi connectivity index (χ4n) is 3.07. The summed E-state index contributed by atoms with van der Waals surface area (Å²) in [5.41, 5.74) is 3.30. The van der Waals surface area contributed by atoms with Crippen LogP contribution in [-0.2, 0) is 0 Å². The van der Waals surface area contributed by atoms with Gasteiger partial charge in [0.1, 0.15) is 0 Å². The Morgan fingerprint density at radius 1 is 0.846 bits per heavy atom. The Hall–Kier alpha value is -3.80. The van der Waals surface area contributed by atoms with Crippen LogP contribution in [0, 0.1) is 10.1 Å². The van der Waals surface area contributed by atoms with Crippen molar-refractivity contribution in [2.75, 3.05) is 5.32 Å². The second kappa shape index (κ2) is 5.93. The van der Waals surface area contributed by atoms with E-state index in [0.29, 0.717) is 22.4 Å². The maximum absolute atomic E-state index is 12.5. The van der Waals surface area contributed by atoms with E-state index in [1.165, 1.54) is 18.2 Å². The van der Waals surface area contributed by atoms with Crippen LogP contribution in [0.15, 0.2) is 66.7 Å². The third-order valence-electron chi connectivity index (χ3n) is 4.30. The maximum atomic E-state index is 12.5. The Labute approximate surface area is 148 Å². The molecule has 126 valence electrons. The lowest BCUT2D eigenvalue weighted by Crippen LogP contribution is -2.12. The molecule has 0 unspecified atom stereocenters. The summed E-state index contributed by atoms with van der Waals surface area (Å²) in [6.07, 6.45) is 0. The predicted molar refractivity (Wildman–Crippen MR) is 96.4 cm³/mol. The van der Waals surface area contributed by atoms with Gasteiger partial charge in [-0.25, -0.2) is 0 Å². The summed E-state index contributed by atoms with van der Waals surface area (Å²) in [6, 6.07) is 18.0. The van der Waals surface area contributed by atoms with E-state index in [1.807, 2.05) is 12.1 Å². The molecule has 0 spiro atoms. The number of nitro groups is 1. The van der Waals surface area contributed by atoms with Gasteiger partial charge in [-0.3, -0.25) is 19.7 Å². The lowest BCUT2D eigenvalue weighted by atomic mass is 10.0. The number of rotatable bonds is 3. The highest BCUT2D eigenvalue weighted by molar-refractivity contribution is 6.22. The first-order chi connectivity index (χ1) is 12.5. The van der Waals surface area contributed by atoms with Gasteiger partial charge >= 0.3 is 0 Å². The minimum absolute atomic E-state index is 0.109. The van der Waals surface area contributed by atoms with Crippen LogP contribution in [0.4, 0.5) is 11.4 Å². The van der Waals surface area contributed by atoms with Crippen molar-refractivity contribution in [1.29, 1.82) is 0 Å². The Balaban J connectivity index is 1.64. The molecule has 6 nitrogen and oxygen atoms in total. The highest BCUT2D eigenvalue weighted by Gasteiger charge is 2.27. The summed E-state index contributed by atoms with van der Waals surface area (Å²) in [6.45, 7) is 0.